The largest absolute Gasteiger partial charge is 0.464 e. The van der Waals surface area contributed by atoms with E-state index in [-0.39, 0.29) is 12.1 Å². The van der Waals surface area contributed by atoms with Crippen LogP contribution in [-0.2, 0) is 14.4 Å². The molecular formula is C5H10BNO3. The van der Waals surface area contributed by atoms with Crippen molar-refractivity contribution in [2.75, 3.05) is 13.7 Å². The summed E-state index contributed by atoms with van der Waals surface area (Å²) in [5.41, 5.74) is 0. The molecule has 1 fully saturated rings. The molecule has 0 aromatic carbocycles. The lowest BCUT2D eigenvalue weighted by Gasteiger charge is -2.13. The Balaban J connectivity index is 2.33. The lowest BCUT2D eigenvalue weighted by atomic mass is 10.3. The first kappa shape index (κ1) is 7.56. The van der Waals surface area contributed by atoms with E-state index in [1.165, 1.54) is 4.97 Å². The number of carbonyl (C=O) groups excluding carboxylic acids is 1. The molecule has 10 heavy (non-hydrogen) atoms. The van der Waals surface area contributed by atoms with Crippen molar-refractivity contribution in [3.63, 3.8) is 0 Å². The number of carbonyl (C=O) groups is 1. The van der Waals surface area contributed by atoms with Crippen molar-refractivity contribution >= 4 is 14.0 Å². The quantitative estimate of drug-likeness (QED) is 0.274. The van der Waals surface area contributed by atoms with E-state index in [9.17, 15) is 4.79 Å². The first-order chi connectivity index (χ1) is 4.70. The van der Waals surface area contributed by atoms with E-state index in [1.807, 2.05) is 0 Å². The van der Waals surface area contributed by atoms with Crippen LogP contribution in [0, 0.1) is 0 Å². The SMILES string of the molecule is BN(C)OC1CCOC1=O. The predicted molar refractivity (Wildman–Crippen MR) is 36.8 cm³/mol. The maximum atomic E-state index is 10.7. The zero-order chi connectivity index (χ0) is 7.56. The monoisotopic (exact) mass is 143 g/mol. The summed E-state index contributed by atoms with van der Waals surface area (Å²) in [6.07, 6.45) is 0.284. The summed E-state index contributed by atoms with van der Waals surface area (Å²) < 4.78 is 4.68. The number of rotatable bonds is 2. The first-order valence-electron chi connectivity index (χ1n) is 3.21. The maximum absolute atomic E-state index is 10.7. The highest BCUT2D eigenvalue weighted by Gasteiger charge is 2.27. The summed E-state index contributed by atoms with van der Waals surface area (Å²) in [6, 6.07) is 0. The topological polar surface area (TPSA) is 38.8 Å². The van der Waals surface area contributed by atoms with E-state index in [0.29, 0.717) is 13.0 Å². The van der Waals surface area contributed by atoms with Gasteiger partial charge in [-0.15, -0.1) is 0 Å². The highest BCUT2D eigenvalue weighted by atomic mass is 16.7. The Hall–Kier alpha value is -0.545. The van der Waals surface area contributed by atoms with E-state index in [4.69, 9.17) is 4.84 Å². The Kier molecular flexibility index (Phi) is 2.29. The maximum Gasteiger partial charge on any atom is 0.337 e. The van der Waals surface area contributed by atoms with E-state index in [0.717, 1.165) is 0 Å². The van der Waals surface area contributed by atoms with Gasteiger partial charge in [-0.2, -0.15) is 0 Å². The highest BCUT2D eigenvalue weighted by molar-refractivity contribution is 6.03. The van der Waals surface area contributed by atoms with Crippen LogP contribution < -0.4 is 0 Å². The minimum Gasteiger partial charge on any atom is -0.464 e. The summed E-state index contributed by atoms with van der Waals surface area (Å²) in [6.45, 7) is 0.483. The molecule has 1 aliphatic heterocycles. The number of nitrogens with zero attached hydrogens (tertiary/aromatic N) is 1. The molecule has 0 aromatic rings. The Morgan fingerprint density at radius 3 is 3.00 bits per heavy atom. The zero-order valence-electron chi connectivity index (χ0n) is 6.16. The molecule has 1 saturated heterocycles. The molecule has 0 aliphatic carbocycles. The third-order valence-electron chi connectivity index (χ3n) is 1.23. The minimum absolute atomic E-state index is 0.256. The Morgan fingerprint density at radius 2 is 2.60 bits per heavy atom. The molecule has 0 aromatic heterocycles. The van der Waals surface area contributed by atoms with Gasteiger partial charge in [0.2, 0.25) is 7.98 Å². The summed E-state index contributed by atoms with van der Waals surface area (Å²) in [5, 5.41) is 0. The molecule has 1 rings (SSSR count). The molecule has 0 N–H and O–H groups in total. The van der Waals surface area contributed by atoms with E-state index >= 15 is 0 Å². The first-order valence-corrected chi connectivity index (χ1v) is 3.21. The van der Waals surface area contributed by atoms with Gasteiger partial charge in [-0.05, 0) is 7.05 Å². The fourth-order valence-corrected chi connectivity index (χ4v) is 0.828. The summed E-state index contributed by atoms with van der Waals surface area (Å²) in [4.78, 5) is 17.3. The van der Waals surface area contributed by atoms with Crippen molar-refractivity contribution < 1.29 is 14.4 Å². The standard InChI is InChI=1S/C5H10BNO3/c1-7(6)10-4-2-3-9-5(4)8/h4H,2-3,6H2,1H3. The highest BCUT2D eigenvalue weighted by Crippen LogP contribution is 2.09. The Bertz CT molecular complexity index is 139. The average molecular weight is 143 g/mol. The van der Waals surface area contributed by atoms with Gasteiger partial charge < -0.3 is 4.74 Å². The zero-order valence-corrected chi connectivity index (χ0v) is 6.16. The van der Waals surface area contributed by atoms with Gasteiger partial charge in [0.05, 0.1) is 6.61 Å². The predicted octanol–water partition coefficient (Wildman–Crippen LogP) is -1.29. The molecule has 1 unspecified atom stereocenters. The van der Waals surface area contributed by atoms with Gasteiger partial charge >= 0.3 is 5.97 Å². The number of hydrogen-bond acceptors (Lipinski definition) is 4. The van der Waals surface area contributed by atoms with Crippen molar-refractivity contribution in [3.8, 4) is 0 Å². The molecule has 4 nitrogen and oxygen atoms in total. The third kappa shape index (κ3) is 1.72. The van der Waals surface area contributed by atoms with Crippen LogP contribution in [0.25, 0.3) is 0 Å². The number of ether oxygens (including phenoxy) is 1. The second-order valence-corrected chi connectivity index (χ2v) is 2.36. The molecule has 1 aliphatic rings. The molecule has 0 amide bonds. The average Bonchev–Trinajstić information content (AvgIpc) is 2.15. The molecule has 1 atom stereocenters. The number of hydrogen-bond donors (Lipinski definition) is 0. The van der Waals surface area contributed by atoms with Crippen LogP contribution in [0.3, 0.4) is 0 Å². The van der Waals surface area contributed by atoms with Gasteiger partial charge in [0.1, 0.15) is 0 Å². The number of esters is 1. The summed E-state index contributed by atoms with van der Waals surface area (Å²) in [7, 11) is 3.48. The van der Waals surface area contributed by atoms with E-state index in [2.05, 4.69) is 4.74 Å². The molecule has 0 bridgehead atoms. The van der Waals surface area contributed by atoms with Crippen molar-refractivity contribution in [2.24, 2.45) is 0 Å². The van der Waals surface area contributed by atoms with Crippen LogP contribution in [0.4, 0.5) is 0 Å². The summed E-state index contributed by atoms with van der Waals surface area (Å²) >= 11 is 0. The lowest BCUT2D eigenvalue weighted by Crippen LogP contribution is -2.27. The van der Waals surface area contributed by atoms with Gasteiger partial charge in [-0.25, -0.2) is 9.77 Å². The molecule has 56 valence electrons. The van der Waals surface area contributed by atoms with Crippen LogP contribution in [0.1, 0.15) is 6.42 Å². The van der Waals surface area contributed by atoms with Crippen LogP contribution in [0.5, 0.6) is 0 Å². The van der Waals surface area contributed by atoms with Gasteiger partial charge in [-0.3, -0.25) is 4.84 Å². The molecule has 0 radical (unpaired) electrons. The van der Waals surface area contributed by atoms with Gasteiger partial charge in [-0.1, -0.05) is 0 Å². The smallest absolute Gasteiger partial charge is 0.337 e. The molecule has 1 heterocycles. The molecule has 5 heteroatoms. The van der Waals surface area contributed by atoms with E-state index in [1.54, 1.807) is 15.0 Å². The Morgan fingerprint density at radius 1 is 1.90 bits per heavy atom. The lowest BCUT2D eigenvalue weighted by molar-refractivity contribution is -0.164. The van der Waals surface area contributed by atoms with E-state index < -0.39 is 0 Å². The molecular weight excluding hydrogens is 133 g/mol. The Labute approximate surface area is 60.5 Å². The fourth-order valence-electron chi connectivity index (χ4n) is 0.828. The fraction of sp³-hybridized carbons (Fsp3) is 0.800. The van der Waals surface area contributed by atoms with Crippen LogP contribution >= 0.6 is 0 Å². The van der Waals surface area contributed by atoms with Gasteiger partial charge in [0.25, 0.3) is 0 Å². The van der Waals surface area contributed by atoms with Crippen LogP contribution in [-0.4, -0.2) is 38.7 Å². The van der Waals surface area contributed by atoms with Gasteiger partial charge in [0, 0.05) is 6.42 Å². The minimum atomic E-state index is -0.380. The molecule has 0 spiro atoms. The summed E-state index contributed by atoms with van der Waals surface area (Å²) in [5.74, 6) is -0.256. The second-order valence-electron chi connectivity index (χ2n) is 2.36. The number of hydroxylamine groups is 1. The van der Waals surface area contributed by atoms with Crippen LogP contribution in [0.2, 0.25) is 0 Å². The second kappa shape index (κ2) is 3.03. The van der Waals surface area contributed by atoms with Crippen molar-refractivity contribution in [3.05, 3.63) is 0 Å². The van der Waals surface area contributed by atoms with Crippen molar-refractivity contribution in [1.82, 2.24) is 4.97 Å². The van der Waals surface area contributed by atoms with Crippen LogP contribution in [0.15, 0.2) is 0 Å². The normalized spacial score (nSPS) is 25.4. The van der Waals surface area contributed by atoms with Crippen molar-refractivity contribution in [1.29, 1.82) is 0 Å². The molecule has 0 saturated carbocycles. The van der Waals surface area contributed by atoms with Crippen molar-refractivity contribution in [2.45, 2.75) is 12.5 Å². The third-order valence-corrected chi connectivity index (χ3v) is 1.23. The number of cyclic esters (lactones) is 1. The van der Waals surface area contributed by atoms with Gasteiger partial charge in [0.15, 0.2) is 6.10 Å².